The van der Waals surface area contributed by atoms with E-state index in [1.165, 1.54) is 30.2 Å². The number of thioether (sulfide) groups is 1. The average molecular weight is 275 g/mol. The highest BCUT2D eigenvalue weighted by Crippen LogP contribution is 2.29. The molecule has 2 aromatic rings. The van der Waals surface area contributed by atoms with Crippen LogP contribution in [0.4, 0.5) is 0 Å². The molecular formula is C16H21NOS. The quantitative estimate of drug-likeness (QED) is 0.909. The highest BCUT2D eigenvalue weighted by atomic mass is 32.2. The van der Waals surface area contributed by atoms with Gasteiger partial charge in [-0.3, -0.25) is 0 Å². The fourth-order valence-electron chi connectivity index (χ4n) is 3.03. The molecule has 3 rings (SSSR count). The van der Waals surface area contributed by atoms with Crippen LogP contribution in [0.1, 0.15) is 30.6 Å². The van der Waals surface area contributed by atoms with Crippen molar-refractivity contribution >= 4 is 22.7 Å². The molecule has 1 aromatic carbocycles. The summed E-state index contributed by atoms with van der Waals surface area (Å²) in [6.07, 6.45) is 6.18. The third-order valence-corrected chi connectivity index (χ3v) is 5.28. The standard InChI is InChI=1S/C16H21NOS/c1-11-15(14-5-3-4-6-16(14)18-11)10-17-12-7-8-13(9-12)19-2/h3-6,12-13,17H,7-10H2,1-2H3. The lowest BCUT2D eigenvalue weighted by Crippen LogP contribution is -2.26. The van der Waals surface area contributed by atoms with Crippen molar-refractivity contribution in [2.75, 3.05) is 6.26 Å². The van der Waals surface area contributed by atoms with Gasteiger partial charge in [0.05, 0.1) is 0 Å². The normalized spacial score (nSPS) is 23.3. The van der Waals surface area contributed by atoms with Gasteiger partial charge in [-0.15, -0.1) is 0 Å². The Morgan fingerprint density at radius 2 is 2.16 bits per heavy atom. The molecule has 1 fully saturated rings. The van der Waals surface area contributed by atoms with E-state index in [0.717, 1.165) is 23.1 Å². The minimum absolute atomic E-state index is 0.672. The van der Waals surface area contributed by atoms with E-state index in [9.17, 15) is 0 Å². The van der Waals surface area contributed by atoms with Crippen LogP contribution < -0.4 is 5.32 Å². The molecule has 0 spiro atoms. The second-order valence-electron chi connectivity index (χ2n) is 5.38. The molecule has 1 aliphatic rings. The van der Waals surface area contributed by atoms with E-state index in [2.05, 4.69) is 30.6 Å². The minimum atomic E-state index is 0.672. The Balaban J connectivity index is 1.70. The fourth-order valence-corrected chi connectivity index (χ4v) is 3.82. The summed E-state index contributed by atoms with van der Waals surface area (Å²) in [6.45, 7) is 2.99. The summed E-state index contributed by atoms with van der Waals surface area (Å²) < 4.78 is 5.81. The molecular weight excluding hydrogens is 254 g/mol. The van der Waals surface area contributed by atoms with Crippen LogP contribution >= 0.6 is 11.8 Å². The maximum Gasteiger partial charge on any atom is 0.134 e. The lowest BCUT2D eigenvalue weighted by Gasteiger charge is -2.12. The second kappa shape index (κ2) is 5.59. The van der Waals surface area contributed by atoms with Crippen LogP contribution in [0, 0.1) is 6.92 Å². The van der Waals surface area contributed by atoms with Crippen molar-refractivity contribution in [1.82, 2.24) is 5.32 Å². The maximum atomic E-state index is 5.81. The van der Waals surface area contributed by atoms with Crippen LogP contribution in [0.3, 0.4) is 0 Å². The molecule has 102 valence electrons. The van der Waals surface area contributed by atoms with Gasteiger partial charge in [0.25, 0.3) is 0 Å². The van der Waals surface area contributed by atoms with Crippen molar-refractivity contribution in [3.05, 3.63) is 35.6 Å². The molecule has 2 nitrogen and oxygen atoms in total. The van der Waals surface area contributed by atoms with E-state index in [4.69, 9.17) is 4.42 Å². The largest absolute Gasteiger partial charge is 0.461 e. The molecule has 19 heavy (non-hydrogen) atoms. The number of hydrogen-bond acceptors (Lipinski definition) is 3. The zero-order chi connectivity index (χ0) is 13.2. The number of rotatable bonds is 4. The maximum absolute atomic E-state index is 5.81. The number of para-hydroxylation sites is 1. The zero-order valence-electron chi connectivity index (χ0n) is 11.6. The van der Waals surface area contributed by atoms with Gasteiger partial charge in [-0.05, 0) is 38.5 Å². The fraction of sp³-hybridized carbons (Fsp3) is 0.500. The number of fused-ring (bicyclic) bond motifs is 1. The van der Waals surface area contributed by atoms with Gasteiger partial charge in [-0.1, -0.05) is 18.2 Å². The molecule has 1 saturated carbocycles. The lowest BCUT2D eigenvalue weighted by atomic mass is 10.1. The third-order valence-electron chi connectivity index (χ3n) is 4.19. The summed E-state index contributed by atoms with van der Waals surface area (Å²) in [6, 6.07) is 8.99. The van der Waals surface area contributed by atoms with Gasteiger partial charge in [-0.2, -0.15) is 11.8 Å². The van der Waals surface area contributed by atoms with E-state index in [0.29, 0.717) is 6.04 Å². The summed E-state index contributed by atoms with van der Waals surface area (Å²) in [5.41, 5.74) is 2.33. The highest BCUT2D eigenvalue weighted by Gasteiger charge is 2.23. The van der Waals surface area contributed by atoms with Gasteiger partial charge in [0, 0.05) is 28.8 Å². The molecule has 2 unspecified atom stereocenters. The van der Waals surface area contributed by atoms with Crippen molar-refractivity contribution < 1.29 is 4.42 Å². The summed E-state index contributed by atoms with van der Waals surface area (Å²) >= 11 is 2.01. The van der Waals surface area contributed by atoms with Crippen LogP contribution in [-0.4, -0.2) is 17.5 Å². The molecule has 1 heterocycles. The van der Waals surface area contributed by atoms with Crippen LogP contribution in [-0.2, 0) is 6.54 Å². The van der Waals surface area contributed by atoms with Gasteiger partial charge >= 0.3 is 0 Å². The van der Waals surface area contributed by atoms with Crippen molar-refractivity contribution in [2.45, 2.75) is 44.0 Å². The van der Waals surface area contributed by atoms with Gasteiger partial charge < -0.3 is 9.73 Å². The lowest BCUT2D eigenvalue weighted by molar-refractivity contribution is 0.514. The van der Waals surface area contributed by atoms with Gasteiger partial charge in [0.2, 0.25) is 0 Å². The summed E-state index contributed by atoms with van der Waals surface area (Å²) in [7, 11) is 0. The molecule has 2 atom stereocenters. The first kappa shape index (κ1) is 13.1. The number of furan rings is 1. The Morgan fingerprint density at radius 1 is 1.32 bits per heavy atom. The first-order valence-corrected chi connectivity index (χ1v) is 8.30. The Kier molecular flexibility index (Phi) is 3.85. The number of aryl methyl sites for hydroxylation is 1. The molecule has 1 N–H and O–H groups in total. The predicted molar refractivity (Wildman–Crippen MR) is 82.7 cm³/mol. The summed E-state index contributed by atoms with van der Waals surface area (Å²) in [5.74, 6) is 1.05. The van der Waals surface area contributed by atoms with Gasteiger partial charge in [-0.25, -0.2) is 0 Å². The van der Waals surface area contributed by atoms with E-state index in [1.54, 1.807) is 0 Å². The molecule has 0 amide bonds. The molecule has 0 saturated heterocycles. The third kappa shape index (κ3) is 2.67. The number of hydrogen-bond donors (Lipinski definition) is 1. The van der Waals surface area contributed by atoms with Crippen LogP contribution in [0.15, 0.2) is 28.7 Å². The van der Waals surface area contributed by atoms with E-state index < -0.39 is 0 Å². The monoisotopic (exact) mass is 275 g/mol. The van der Waals surface area contributed by atoms with Crippen LogP contribution in [0.25, 0.3) is 11.0 Å². The minimum Gasteiger partial charge on any atom is -0.461 e. The average Bonchev–Trinajstić information content (AvgIpc) is 3.00. The molecule has 0 aliphatic heterocycles. The molecule has 1 aliphatic carbocycles. The SMILES string of the molecule is CSC1CCC(NCc2c(C)oc3ccccc23)C1. The molecule has 0 bridgehead atoms. The van der Waals surface area contributed by atoms with Gasteiger partial charge in [0.15, 0.2) is 0 Å². The van der Waals surface area contributed by atoms with E-state index >= 15 is 0 Å². The topological polar surface area (TPSA) is 25.2 Å². The van der Waals surface area contributed by atoms with Crippen molar-refractivity contribution in [3.63, 3.8) is 0 Å². The van der Waals surface area contributed by atoms with Crippen LogP contribution in [0.5, 0.6) is 0 Å². The predicted octanol–water partition coefficient (Wildman–Crippen LogP) is 4.11. The van der Waals surface area contributed by atoms with Crippen molar-refractivity contribution in [3.8, 4) is 0 Å². The molecule has 3 heteroatoms. The highest BCUT2D eigenvalue weighted by molar-refractivity contribution is 7.99. The number of benzene rings is 1. The Hall–Kier alpha value is -0.930. The Labute approximate surface area is 118 Å². The first-order chi connectivity index (χ1) is 9.28. The first-order valence-electron chi connectivity index (χ1n) is 7.01. The Morgan fingerprint density at radius 3 is 2.95 bits per heavy atom. The van der Waals surface area contributed by atoms with Crippen LogP contribution in [0.2, 0.25) is 0 Å². The zero-order valence-corrected chi connectivity index (χ0v) is 12.4. The molecule has 0 radical (unpaired) electrons. The number of nitrogens with one attached hydrogen (secondary N) is 1. The second-order valence-corrected chi connectivity index (χ2v) is 6.52. The van der Waals surface area contributed by atoms with Gasteiger partial charge in [0.1, 0.15) is 11.3 Å². The van der Waals surface area contributed by atoms with Crippen molar-refractivity contribution in [1.29, 1.82) is 0 Å². The van der Waals surface area contributed by atoms with E-state index in [1.807, 2.05) is 23.9 Å². The summed E-state index contributed by atoms with van der Waals surface area (Å²) in [5, 5.41) is 5.81. The Bertz CT molecular complexity index is 563. The van der Waals surface area contributed by atoms with Crippen molar-refractivity contribution in [2.24, 2.45) is 0 Å². The van der Waals surface area contributed by atoms with E-state index in [-0.39, 0.29) is 0 Å². The molecule has 1 aromatic heterocycles. The smallest absolute Gasteiger partial charge is 0.134 e. The summed E-state index contributed by atoms with van der Waals surface area (Å²) in [4.78, 5) is 0.